The molecule has 0 aliphatic carbocycles. The number of halogens is 1. The number of hydrogen-bond donors (Lipinski definition) is 0. The molecular weight excluding hydrogens is 208 g/mol. The van der Waals surface area contributed by atoms with Gasteiger partial charge in [-0.15, -0.1) is 11.6 Å². The van der Waals surface area contributed by atoms with Crippen molar-refractivity contribution in [3.63, 3.8) is 0 Å². The lowest BCUT2D eigenvalue weighted by atomic mass is 9.95. The summed E-state index contributed by atoms with van der Waals surface area (Å²) in [6.45, 7) is 7.88. The highest BCUT2D eigenvalue weighted by Crippen LogP contribution is 2.20. The molecule has 0 heterocycles. The molecule has 0 amide bonds. The van der Waals surface area contributed by atoms with Crippen molar-refractivity contribution in [2.45, 2.75) is 39.0 Å². The van der Waals surface area contributed by atoms with Crippen molar-refractivity contribution in [2.24, 2.45) is 0 Å². The van der Waals surface area contributed by atoms with Gasteiger partial charge in [-0.2, -0.15) is 0 Å². The Morgan fingerprint density at radius 1 is 1.27 bits per heavy atom. The third-order valence-electron chi connectivity index (χ3n) is 2.56. The Balaban J connectivity index is 3.16. The fourth-order valence-electron chi connectivity index (χ4n) is 1.48. The number of alkyl halides is 1. The Bertz CT molecular complexity index is 367. The van der Waals surface area contributed by atoms with Crippen LogP contribution in [0.15, 0.2) is 18.2 Å². The summed E-state index contributed by atoms with van der Waals surface area (Å²) in [5, 5.41) is -0.453. The SMILES string of the molecule is Cc1ccc(C(C)C)cc1C(=O)C(C)Cl. The fourth-order valence-corrected chi connectivity index (χ4v) is 1.60. The van der Waals surface area contributed by atoms with E-state index in [0.717, 1.165) is 11.1 Å². The molecule has 1 nitrogen and oxygen atoms in total. The highest BCUT2D eigenvalue weighted by molar-refractivity contribution is 6.33. The van der Waals surface area contributed by atoms with Crippen LogP contribution in [0.3, 0.4) is 0 Å². The van der Waals surface area contributed by atoms with Gasteiger partial charge in [0.05, 0.1) is 5.38 Å². The summed E-state index contributed by atoms with van der Waals surface area (Å²) in [5.41, 5.74) is 2.93. The average Bonchev–Trinajstić information content (AvgIpc) is 2.16. The largest absolute Gasteiger partial charge is 0.293 e. The van der Waals surface area contributed by atoms with E-state index in [1.165, 1.54) is 5.56 Å². The number of rotatable bonds is 3. The molecule has 0 fully saturated rings. The number of carbonyl (C=O) groups excluding carboxylic acids is 1. The Labute approximate surface area is 96.5 Å². The van der Waals surface area contributed by atoms with E-state index in [1.807, 2.05) is 19.1 Å². The molecule has 15 heavy (non-hydrogen) atoms. The molecule has 1 aromatic rings. The standard InChI is InChI=1S/C13H17ClO/c1-8(2)11-6-5-9(3)12(7-11)13(15)10(4)14/h5-8,10H,1-4H3. The van der Waals surface area contributed by atoms with Gasteiger partial charge in [-0.3, -0.25) is 4.79 Å². The van der Waals surface area contributed by atoms with Crippen LogP contribution in [0.4, 0.5) is 0 Å². The van der Waals surface area contributed by atoms with Crippen LogP contribution in [0.25, 0.3) is 0 Å². The van der Waals surface area contributed by atoms with Crippen LogP contribution < -0.4 is 0 Å². The number of ketones is 1. The number of benzene rings is 1. The van der Waals surface area contributed by atoms with Crippen LogP contribution in [-0.4, -0.2) is 11.2 Å². The van der Waals surface area contributed by atoms with Gasteiger partial charge in [-0.25, -0.2) is 0 Å². The molecule has 0 aromatic heterocycles. The van der Waals surface area contributed by atoms with Gasteiger partial charge in [-0.1, -0.05) is 26.0 Å². The van der Waals surface area contributed by atoms with Crippen LogP contribution >= 0.6 is 11.6 Å². The lowest BCUT2D eigenvalue weighted by Crippen LogP contribution is -2.12. The molecule has 0 radical (unpaired) electrons. The number of Topliss-reactive ketones (excluding diaryl/α,β-unsaturated/α-hetero) is 1. The smallest absolute Gasteiger partial charge is 0.180 e. The monoisotopic (exact) mass is 224 g/mol. The zero-order valence-electron chi connectivity index (χ0n) is 9.67. The summed E-state index contributed by atoms with van der Waals surface area (Å²) in [6.07, 6.45) is 0. The molecule has 0 saturated carbocycles. The molecule has 0 N–H and O–H groups in total. The molecular formula is C13H17ClO. The van der Waals surface area contributed by atoms with E-state index in [1.54, 1.807) is 6.92 Å². The second-order valence-electron chi connectivity index (χ2n) is 4.21. The molecule has 0 aliphatic rings. The molecule has 0 aliphatic heterocycles. The van der Waals surface area contributed by atoms with E-state index in [-0.39, 0.29) is 5.78 Å². The van der Waals surface area contributed by atoms with E-state index in [9.17, 15) is 4.79 Å². The predicted molar refractivity (Wildman–Crippen MR) is 64.9 cm³/mol. The maximum atomic E-state index is 11.8. The van der Waals surface area contributed by atoms with Crippen molar-refractivity contribution < 1.29 is 4.79 Å². The Morgan fingerprint density at radius 2 is 1.87 bits per heavy atom. The van der Waals surface area contributed by atoms with E-state index in [2.05, 4.69) is 19.9 Å². The van der Waals surface area contributed by atoms with E-state index in [0.29, 0.717) is 5.92 Å². The third-order valence-corrected chi connectivity index (χ3v) is 2.75. The highest BCUT2D eigenvalue weighted by atomic mass is 35.5. The van der Waals surface area contributed by atoms with E-state index < -0.39 is 5.38 Å². The summed E-state index contributed by atoms with van der Waals surface area (Å²) in [7, 11) is 0. The van der Waals surface area contributed by atoms with Crippen molar-refractivity contribution in [1.29, 1.82) is 0 Å². The molecule has 82 valence electrons. The quantitative estimate of drug-likeness (QED) is 0.562. The molecule has 0 bridgehead atoms. The third kappa shape index (κ3) is 2.82. The molecule has 0 spiro atoms. The zero-order valence-corrected chi connectivity index (χ0v) is 10.4. The Kier molecular flexibility index (Phi) is 3.92. The van der Waals surface area contributed by atoms with Crippen molar-refractivity contribution in [1.82, 2.24) is 0 Å². The van der Waals surface area contributed by atoms with Gasteiger partial charge in [-0.05, 0) is 37.0 Å². The molecule has 1 rings (SSSR count). The van der Waals surface area contributed by atoms with Crippen LogP contribution in [0, 0.1) is 6.92 Å². The van der Waals surface area contributed by atoms with Crippen molar-refractivity contribution in [3.05, 3.63) is 34.9 Å². The van der Waals surface area contributed by atoms with Crippen LogP contribution in [0.2, 0.25) is 0 Å². The number of hydrogen-bond acceptors (Lipinski definition) is 1. The van der Waals surface area contributed by atoms with Gasteiger partial charge < -0.3 is 0 Å². The first-order chi connectivity index (χ1) is 6.93. The summed E-state index contributed by atoms with van der Waals surface area (Å²) in [6, 6.07) is 6.01. The van der Waals surface area contributed by atoms with Gasteiger partial charge >= 0.3 is 0 Å². The molecule has 2 heteroatoms. The van der Waals surface area contributed by atoms with Gasteiger partial charge in [0, 0.05) is 5.56 Å². The summed E-state index contributed by atoms with van der Waals surface area (Å²) >= 11 is 5.82. The number of aryl methyl sites for hydroxylation is 1. The topological polar surface area (TPSA) is 17.1 Å². The average molecular weight is 225 g/mol. The molecule has 0 saturated heterocycles. The van der Waals surface area contributed by atoms with E-state index in [4.69, 9.17) is 11.6 Å². The van der Waals surface area contributed by atoms with Crippen molar-refractivity contribution >= 4 is 17.4 Å². The second kappa shape index (κ2) is 4.80. The first kappa shape index (κ1) is 12.3. The normalized spacial score (nSPS) is 12.9. The first-order valence-corrected chi connectivity index (χ1v) is 5.66. The Hall–Kier alpha value is -0.820. The second-order valence-corrected chi connectivity index (χ2v) is 4.86. The number of carbonyl (C=O) groups is 1. The van der Waals surface area contributed by atoms with Gasteiger partial charge in [0.2, 0.25) is 0 Å². The molecule has 1 aromatic carbocycles. The van der Waals surface area contributed by atoms with Crippen LogP contribution in [0.5, 0.6) is 0 Å². The first-order valence-electron chi connectivity index (χ1n) is 5.22. The molecule has 1 atom stereocenters. The maximum Gasteiger partial charge on any atom is 0.180 e. The van der Waals surface area contributed by atoms with Gasteiger partial charge in [0.15, 0.2) is 5.78 Å². The lowest BCUT2D eigenvalue weighted by molar-refractivity contribution is 0.0991. The van der Waals surface area contributed by atoms with Gasteiger partial charge in [0.25, 0.3) is 0 Å². The maximum absolute atomic E-state index is 11.8. The highest BCUT2D eigenvalue weighted by Gasteiger charge is 2.15. The van der Waals surface area contributed by atoms with Crippen molar-refractivity contribution in [3.8, 4) is 0 Å². The van der Waals surface area contributed by atoms with Crippen LogP contribution in [0.1, 0.15) is 48.2 Å². The summed E-state index contributed by atoms with van der Waals surface area (Å²) in [5.74, 6) is 0.444. The van der Waals surface area contributed by atoms with Crippen molar-refractivity contribution in [2.75, 3.05) is 0 Å². The summed E-state index contributed by atoms with van der Waals surface area (Å²) in [4.78, 5) is 11.8. The minimum absolute atomic E-state index is 0.0108. The Morgan fingerprint density at radius 3 is 2.33 bits per heavy atom. The van der Waals surface area contributed by atoms with Crippen LogP contribution in [-0.2, 0) is 0 Å². The summed E-state index contributed by atoms with van der Waals surface area (Å²) < 4.78 is 0. The molecule has 1 unspecified atom stereocenters. The van der Waals surface area contributed by atoms with Gasteiger partial charge in [0.1, 0.15) is 0 Å². The predicted octanol–water partition coefficient (Wildman–Crippen LogP) is 3.93. The lowest BCUT2D eigenvalue weighted by Gasteiger charge is -2.11. The van der Waals surface area contributed by atoms with E-state index >= 15 is 0 Å². The zero-order chi connectivity index (χ0) is 11.6. The minimum atomic E-state index is -0.453. The fraction of sp³-hybridized carbons (Fsp3) is 0.462. The minimum Gasteiger partial charge on any atom is -0.293 e.